The van der Waals surface area contributed by atoms with Crippen LogP contribution in [-0.4, -0.2) is 35.9 Å². The summed E-state index contributed by atoms with van der Waals surface area (Å²) in [5, 5.41) is 3.02. The molecule has 1 atom stereocenters. The van der Waals surface area contributed by atoms with E-state index in [1.807, 2.05) is 25.1 Å². The molecule has 0 aliphatic heterocycles. The number of pyridine rings is 1. The first-order valence-corrected chi connectivity index (χ1v) is 4.50. The molecule has 0 spiro atoms. The zero-order valence-corrected chi connectivity index (χ0v) is 8.69. The third kappa shape index (κ3) is 2.73. The van der Waals surface area contributed by atoms with E-state index in [-0.39, 0.29) is 11.9 Å². The fourth-order valence-electron chi connectivity index (χ4n) is 1.12. The summed E-state index contributed by atoms with van der Waals surface area (Å²) in [6.07, 6.45) is 1.69. The molecule has 0 aliphatic carbocycles. The van der Waals surface area contributed by atoms with E-state index in [4.69, 9.17) is 0 Å². The monoisotopic (exact) mass is 193 g/mol. The van der Waals surface area contributed by atoms with Crippen molar-refractivity contribution in [1.29, 1.82) is 0 Å². The lowest BCUT2D eigenvalue weighted by Crippen LogP contribution is -2.36. The van der Waals surface area contributed by atoms with Crippen LogP contribution in [-0.2, 0) is 4.79 Å². The highest BCUT2D eigenvalue weighted by atomic mass is 16.2. The number of carbonyl (C=O) groups is 1. The van der Waals surface area contributed by atoms with Crippen molar-refractivity contribution in [2.24, 2.45) is 0 Å². The second-order valence-corrected chi connectivity index (χ2v) is 3.31. The Morgan fingerprint density at radius 3 is 2.71 bits per heavy atom. The van der Waals surface area contributed by atoms with Gasteiger partial charge in [0.2, 0.25) is 5.91 Å². The van der Waals surface area contributed by atoms with Crippen molar-refractivity contribution in [3.63, 3.8) is 0 Å². The van der Waals surface area contributed by atoms with Crippen molar-refractivity contribution in [3.8, 4) is 0 Å². The smallest absolute Gasteiger partial charge is 0.244 e. The minimum Gasteiger partial charge on any atom is -0.359 e. The Hall–Kier alpha value is -1.58. The average molecular weight is 193 g/mol. The lowest BCUT2D eigenvalue weighted by Gasteiger charge is -2.18. The molecule has 0 aromatic carbocycles. The van der Waals surface area contributed by atoms with E-state index >= 15 is 0 Å². The Labute approximate surface area is 83.9 Å². The number of hydrogen-bond acceptors (Lipinski definition) is 3. The van der Waals surface area contributed by atoms with Crippen LogP contribution in [0.2, 0.25) is 0 Å². The maximum absolute atomic E-state index is 11.5. The Kier molecular flexibility index (Phi) is 3.45. The van der Waals surface area contributed by atoms with Crippen molar-refractivity contribution in [3.05, 3.63) is 24.4 Å². The predicted octanol–water partition coefficient (Wildman–Crippen LogP) is 0.970. The van der Waals surface area contributed by atoms with Crippen molar-refractivity contribution < 1.29 is 4.79 Å². The lowest BCUT2D eigenvalue weighted by molar-refractivity contribution is -0.129. The summed E-state index contributed by atoms with van der Waals surface area (Å²) in [7, 11) is 3.47. The Morgan fingerprint density at radius 1 is 1.50 bits per heavy atom. The third-order valence-corrected chi connectivity index (χ3v) is 1.84. The summed E-state index contributed by atoms with van der Waals surface area (Å²) >= 11 is 0. The van der Waals surface area contributed by atoms with Crippen LogP contribution in [0.1, 0.15) is 6.92 Å². The van der Waals surface area contributed by atoms with Crippen LogP contribution in [0, 0.1) is 0 Å². The number of likely N-dealkylation sites (N-methyl/N-ethyl adjacent to an activating group) is 1. The lowest BCUT2D eigenvalue weighted by atomic mass is 10.3. The average Bonchev–Trinajstić information content (AvgIpc) is 2.18. The molecule has 0 radical (unpaired) electrons. The van der Waals surface area contributed by atoms with E-state index < -0.39 is 0 Å². The molecule has 0 fully saturated rings. The fourth-order valence-corrected chi connectivity index (χ4v) is 1.12. The van der Waals surface area contributed by atoms with Crippen LogP contribution in [0.5, 0.6) is 0 Å². The summed E-state index contributed by atoms with van der Waals surface area (Å²) in [5.41, 5.74) is 0. The highest BCUT2D eigenvalue weighted by Crippen LogP contribution is 2.03. The zero-order chi connectivity index (χ0) is 10.6. The molecule has 1 amide bonds. The SMILES string of the molecule is CC(Nc1ccccn1)C(=O)N(C)C. The van der Waals surface area contributed by atoms with Crippen LogP contribution >= 0.6 is 0 Å². The van der Waals surface area contributed by atoms with Gasteiger partial charge in [-0.05, 0) is 19.1 Å². The van der Waals surface area contributed by atoms with Gasteiger partial charge >= 0.3 is 0 Å². The Bertz CT molecular complexity index is 297. The van der Waals surface area contributed by atoms with Gasteiger partial charge in [-0.25, -0.2) is 4.98 Å². The first kappa shape index (κ1) is 10.5. The molecule has 14 heavy (non-hydrogen) atoms. The second kappa shape index (κ2) is 4.60. The van der Waals surface area contributed by atoms with E-state index in [1.54, 1.807) is 25.2 Å². The van der Waals surface area contributed by atoms with E-state index in [9.17, 15) is 4.79 Å². The molecule has 0 bridgehead atoms. The normalized spacial score (nSPS) is 11.9. The number of rotatable bonds is 3. The largest absolute Gasteiger partial charge is 0.359 e. The quantitative estimate of drug-likeness (QED) is 0.778. The first-order chi connectivity index (χ1) is 6.61. The summed E-state index contributed by atoms with van der Waals surface area (Å²) in [4.78, 5) is 17.1. The van der Waals surface area contributed by atoms with Gasteiger partial charge < -0.3 is 10.2 Å². The minimum atomic E-state index is -0.250. The topological polar surface area (TPSA) is 45.2 Å². The van der Waals surface area contributed by atoms with Crippen LogP contribution in [0.3, 0.4) is 0 Å². The molecule has 0 saturated heterocycles. The van der Waals surface area contributed by atoms with E-state index in [2.05, 4.69) is 10.3 Å². The molecule has 1 heterocycles. The standard InChI is InChI=1S/C10H15N3O/c1-8(10(14)13(2)3)12-9-6-4-5-7-11-9/h4-8H,1-3H3,(H,11,12). The van der Waals surface area contributed by atoms with Crippen LogP contribution in [0.25, 0.3) is 0 Å². The molecule has 4 heteroatoms. The summed E-state index contributed by atoms with van der Waals surface area (Å²) < 4.78 is 0. The molecule has 1 rings (SSSR count). The number of nitrogens with zero attached hydrogens (tertiary/aromatic N) is 2. The molecular weight excluding hydrogens is 178 g/mol. The van der Waals surface area contributed by atoms with Crippen molar-refractivity contribution in [2.75, 3.05) is 19.4 Å². The van der Waals surface area contributed by atoms with Gasteiger partial charge in [0.25, 0.3) is 0 Å². The molecule has 76 valence electrons. The minimum absolute atomic E-state index is 0.0376. The molecule has 0 aliphatic rings. The van der Waals surface area contributed by atoms with Gasteiger partial charge in [-0.3, -0.25) is 4.79 Å². The molecular formula is C10H15N3O. The van der Waals surface area contributed by atoms with E-state index in [1.165, 1.54) is 0 Å². The number of nitrogens with one attached hydrogen (secondary N) is 1. The van der Waals surface area contributed by atoms with Gasteiger partial charge in [0, 0.05) is 20.3 Å². The van der Waals surface area contributed by atoms with E-state index in [0.717, 1.165) is 5.82 Å². The molecule has 1 aromatic rings. The third-order valence-electron chi connectivity index (χ3n) is 1.84. The molecule has 1 aromatic heterocycles. The highest BCUT2D eigenvalue weighted by Gasteiger charge is 2.14. The summed E-state index contributed by atoms with van der Waals surface area (Å²) in [6.45, 7) is 1.82. The van der Waals surface area contributed by atoms with Crippen molar-refractivity contribution in [2.45, 2.75) is 13.0 Å². The van der Waals surface area contributed by atoms with Gasteiger partial charge in [-0.15, -0.1) is 0 Å². The Morgan fingerprint density at radius 2 is 2.21 bits per heavy atom. The molecule has 4 nitrogen and oxygen atoms in total. The number of amides is 1. The van der Waals surface area contributed by atoms with E-state index in [0.29, 0.717) is 0 Å². The van der Waals surface area contributed by atoms with Gasteiger partial charge in [-0.1, -0.05) is 6.07 Å². The van der Waals surface area contributed by atoms with Gasteiger partial charge in [-0.2, -0.15) is 0 Å². The van der Waals surface area contributed by atoms with Crippen LogP contribution < -0.4 is 5.32 Å². The van der Waals surface area contributed by atoms with Gasteiger partial charge in [0.15, 0.2) is 0 Å². The fraction of sp³-hybridized carbons (Fsp3) is 0.400. The van der Waals surface area contributed by atoms with Crippen molar-refractivity contribution in [1.82, 2.24) is 9.88 Å². The summed E-state index contributed by atoms with van der Waals surface area (Å²) in [6, 6.07) is 5.30. The van der Waals surface area contributed by atoms with Gasteiger partial charge in [0.1, 0.15) is 11.9 Å². The molecule has 1 unspecified atom stereocenters. The Balaban J connectivity index is 2.57. The zero-order valence-electron chi connectivity index (χ0n) is 8.69. The number of aromatic nitrogens is 1. The highest BCUT2D eigenvalue weighted by molar-refractivity contribution is 5.83. The predicted molar refractivity (Wildman–Crippen MR) is 56.0 cm³/mol. The van der Waals surface area contributed by atoms with Crippen molar-refractivity contribution >= 4 is 11.7 Å². The second-order valence-electron chi connectivity index (χ2n) is 3.31. The number of carbonyl (C=O) groups excluding carboxylic acids is 1. The first-order valence-electron chi connectivity index (χ1n) is 4.50. The maximum Gasteiger partial charge on any atom is 0.244 e. The number of anilines is 1. The maximum atomic E-state index is 11.5. The van der Waals surface area contributed by atoms with Crippen LogP contribution in [0.15, 0.2) is 24.4 Å². The summed E-state index contributed by atoms with van der Waals surface area (Å²) in [5.74, 6) is 0.755. The number of hydrogen-bond donors (Lipinski definition) is 1. The molecule has 1 N–H and O–H groups in total. The van der Waals surface area contributed by atoms with Crippen LogP contribution in [0.4, 0.5) is 5.82 Å². The van der Waals surface area contributed by atoms with Gasteiger partial charge in [0.05, 0.1) is 0 Å². The molecule has 0 saturated carbocycles.